The molecule has 2 fully saturated rings. The van der Waals surface area contributed by atoms with E-state index in [1.807, 2.05) is 12.1 Å². The Bertz CT molecular complexity index is 2050. The Morgan fingerprint density at radius 3 is 2.02 bits per heavy atom. The first-order valence-corrected chi connectivity index (χ1v) is 17.1. The number of hydrogen-bond donors (Lipinski definition) is 1. The summed E-state index contributed by atoms with van der Waals surface area (Å²) in [5.41, 5.74) is 5.89. The van der Waals surface area contributed by atoms with E-state index in [1.165, 1.54) is 39.8 Å². The van der Waals surface area contributed by atoms with Crippen molar-refractivity contribution in [1.29, 1.82) is 0 Å². The molecule has 6 heterocycles. The Labute approximate surface area is 260 Å². The second-order valence-electron chi connectivity index (χ2n) is 13.0. The zero-order valence-electron chi connectivity index (χ0n) is 25.2. The van der Waals surface area contributed by atoms with Gasteiger partial charge in [0.25, 0.3) is 10.0 Å². The maximum absolute atomic E-state index is 13.5. The highest BCUT2D eigenvalue weighted by Gasteiger charge is 2.43. The van der Waals surface area contributed by atoms with Crippen molar-refractivity contribution >= 4 is 31.8 Å². The van der Waals surface area contributed by atoms with Crippen molar-refractivity contribution in [3.8, 4) is 0 Å². The van der Waals surface area contributed by atoms with Crippen LogP contribution in [0.5, 0.6) is 0 Å². The molecule has 4 aliphatic heterocycles. The minimum absolute atomic E-state index is 0.139. The molecule has 6 nitrogen and oxygen atoms in total. The average molecular weight is 633 g/mol. The summed E-state index contributed by atoms with van der Waals surface area (Å²) in [6, 6.07) is 21.7. The molecule has 0 radical (unpaired) electrons. The number of H-pyrrole nitrogens is 1. The van der Waals surface area contributed by atoms with Gasteiger partial charge in [-0.25, -0.2) is 12.4 Å². The highest BCUT2D eigenvalue weighted by atomic mass is 32.2. The summed E-state index contributed by atoms with van der Waals surface area (Å²) >= 11 is 0. The van der Waals surface area contributed by atoms with Crippen molar-refractivity contribution in [2.75, 3.05) is 14.1 Å². The van der Waals surface area contributed by atoms with E-state index < -0.39 is 21.8 Å². The van der Waals surface area contributed by atoms with E-state index in [0.717, 1.165) is 59.8 Å². The standard InChI is InChI=1S/C21H19F3N2O2S.C14H16N2/c1-25-14-8-11-18(25)20-16-4-2-3-5-17(16)26(19(20)12-14)29(27,28)15-9-6-13(7-10-15)21(22,23)24;1-16-9-6-7-13(16)14-10-4-2-3-5-11(10)15-12(14)8-9/h2-7,9-10,14,18H,8,11-12H2,1H3;2-5,9,13,15H,6-8H2,1H3. The summed E-state index contributed by atoms with van der Waals surface area (Å²) < 4.78 is 67.1. The van der Waals surface area contributed by atoms with Gasteiger partial charge in [0.2, 0.25) is 0 Å². The SMILES string of the molecule is CN1C2CCC1c1c([nH]c3ccccc13)C2.CN1C2CCC1c1c(n(S(=O)(=O)c3ccc(C(F)(F)F)cc3)c3ccccc13)C2. The number of halogens is 3. The first-order chi connectivity index (χ1) is 21.5. The lowest BCUT2D eigenvalue weighted by atomic mass is 9.98. The number of likely N-dealkylation sites (N-methyl/N-ethyl adjacent to an activating group) is 2. The Kier molecular flexibility index (Phi) is 6.54. The summed E-state index contributed by atoms with van der Waals surface area (Å²) in [7, 11) is 0.324. The van der Waals surface area contributed by atoms with Crippen LogP contribution in [0, 0.1) is 0 Å². The van der Waals surface area contributed by atoms with Crippen LogP contribution in [0.3, 0.4) is 0 Å². The first-order valence-electron chi connectivity index (χ1n) is 15.6. The maximum atomic E-state index is 13.5. The summed E-state index contributed by atoms with van der Waals surface area (Å²) in [5.74, 6) is 0. The van der Waals surface area contributed by atoms with E-state index in [4.69, 9.17) is 0 Å². The summed E-state index contributed by atoms with van der Waals surface area (Å²) in [5, 5.41) is 2.34. The van der Waals surface area contributed by atoms with Gasteiger partial charge in [0.15, 0.2) is 0 Å². The van der Waals surface area contributed by atoms with Crippen molar-refractivity contribution in [2.45, 2.75) is 73.8 Å². The molecule has 45 heavy (non-hydrogen) atoms. The first kappa shape index (κ1) is 28.8. The molecule has 0 spiro atoms. The van der Waals surface area contributed by atoms with E-state index in [2.05, 4.69) is 53.1 Å². The van der Waals surface area contributed by atoms with Crippen molar-refractivity contribution in [3.05, 3.63) is 101 Å². The fraction of sp³-hybridized carbons (Fsp3) is 0.371. The zero-order chi connectivity index (χ0) is 31.2. The van der Waals surface area contributed by atoms with Crippen molar-refractivity contribution in [2.24, 2.45) is 0 Å². The number of aromatic amines is 1. The molecule has 1 N–H and O–H groups in total. The van der Waals surface area contributed by atoms with Gasteiger partial charge < -0.3 is 4.98 Å². The van der Waals surface area contributed by atoms with Crippen molar-refractivity contribution in [3.63, 3.8) is 0 Å². The van der Waals surface area contributed by atoms with Gasteiger partial charge in [0.1, 0.15) is 0 Å². The molecule has 2 aromatic heterocycles. The monoisotopic (exact) mass is 632 g/mol. The summed E-state index contributed by atoms with van der Waals surface area (Å²) in [6.45, 7) is 0. The van der Waals surface area contributed by atoms with Crippen LogP contribution in [0.2, 0.25) is 0 Å². The van der Waals surface area contributed by atoms with Crippen LogP contribution in [0.4, 0.5) is 13.2 Å². The molecule has 3 aromatic carbocycles. The predicted octanol–water partition coefficient (Wildman–Crippen LogP) is 7.45. The fourth-order valence-corrected chi connectivity index (χ4v) is 10.1. The molecule has 2 saturated heterocycles. The second-order valence-corrected chi connectivity index (χ2v) is 14.8. The summed E-state index contributed by atoms with van der Waals surface area (Å²) in [4.78, 5) is 8.35. The third-order valence-electron chi connectivity index (χ3n) is 10.7. The van der Waals surface area contributed by atoms with Crippen LogP contribution in [0.1, 0.15) is 65.8 Å². The number of fused-ring (bicyclic) bond motifs is 12. The van der Waals surface area contributed by atoms with E-state index in [-0.39, 0.29) is 17.0 Å². The molecule has 4 bridgehead atoms. The topological polar surface area (TPSA) is 61.3 Å². The fourth-order valence-electron chi connectivity index (χ4n) is 8.48. The largest absolute Gasteiger partial charge is 0.416 e. The number of nitrogens with one attached hydrogen (secondary N) is 1. The Balaban J connectivity index is 0.000000157. The molecule has 5 aromatic rings. The minimum atomic E-state index is -4.51. The number of para-hydroxylation sites is 2. The molecule has 4 unspecified atom stereocenters. The van der Waals surface area contributed by atoms with Crippen LogP contribution in [-0.4, -0.2) is 53.4 Å². The van der Waals surface area contributed by atoms with Crippen molar-refractivity contribution < 1.29 is 21.6 Å². The molecule has 0 aliphatic carbocycles. The average Bonchev–Trinajstić information content (AvgIpc) is 3.69. The smallest absolute Gasteiger partial charge is 0.358 e. The van der Waals surface area contributed by atoms with Gasteiger partial charge in [-0.15, -0.1) is 0 Å². The van der Waals surface area contributed by atoms with Crippen molar-refractivity contribution in [1.82, 2.24) is 18.8 Å². The van der Waals surface area contributed by atoms with Gasteiger partial charge in [-0.3, -0.25) is 9.80 Å². The van der Waals surface area contributed by atoms with Crippen LogP contribution in [0.15, 0.2) is 77.7 Å². The number of rotatable bonds is 2. The molecular formula is C35H35F3N4O2S. The lowest BCUT2D eigenvalue weighted by Gasteiger charge is -2.32. The number of hydrogen-bond acceptors (Lipinski definition) is 4. The molecule has 0 amide bonds. The van der Waals surface area contributed by atoms with E-state index in [9.17, 15) is 21.6 Å². The van der Waals surface area contributed by atoms with Crippen LogP contribution in [0.25, 0.3) is 21.8 Å². The van der Waals surface area contributed by atoms with Gasteiger partial charge >= 0.3 is 6.18 Å². The van der Waals surface area contributed by atoms with Gasteiger partial charge in [0, 0.05) is 64.7 Å². The molecule has 234 valence electrons. The van der Waals surface area contributed by atoms with Crippen LogP contribution >= 0.6 is 0 Å². The Morgan fingerprint density at radius 2 is 1.33 bits per heavy atom. The molecule has 0 saturated carbocycles. The van der Waals surface area contributed by atoms with Gasteiger partial charge in [-0.05, 0) is 87.3 Å². The lowest BCUT2D eigenvalue weighted by molar-refractivity contribution is -0.137. The molecule has 4 atom stereocenters. The maximum Gasteiger partial charge on any atom is 0.416 e. The second kappa shape index (κ2) is 10.2. The van der Waals surface area contributed by atoms with Crippen LogP contribution < -0.4 is 0 Å². The third kappa shape index (κ3) is 4.40. The zero-order valence-corrected chi connectivity index (χ0v) is 26.0. The third-order valence-corrected chi connectivity index (χ3v) is 12.5. The minimum Gasteiger partial charge on any atom is -0.358 e. The Hall–Kier alpha value is -3.60. The van der Waals surface area contributed by atoms with E-state index >= 15 is 0 Å². The highest BCUT2D eigenvalue weighted by Crippen LogP contribution is 2.48. The normalized spacial score (nSPS) is 24.5. The van der Waals surface area contributed by atoms with Gasteiger partial charge in [-0.2, -0.15) is 13.2 Å². The summed E-state index contributed by atoms with van der Waals surface area (Å²) in [6.07, 6.45) is 1.97. The molecule has 4 aliphatic rings. The van der Waals surface area contributed by atoms with Gasteiger partial charge in [-0.1, -0.05) is 36.4 Å². The van der Waals surface area contributed by atoms with Crippen LogP contribution in [-0.2, 0) is 29.0 Å². The molecule has 10 heteroatoms. The Morgan fingerprint density at radius 1 is 0.733 bits per heavy atom. The lowest BCUT2D eigenvalue weighted by Crippen LogP contribution is -2.35. The van der Waals surface area contributed by atoms with Gasteiger partial charge in [0.05, 0.1) is 16.0 Å². The van der Waals surface area contributed by atoms with E-state index in [0.29, 0.717) is 18.0 Å². The number of nitrogens with zero attached hydrogens (tertiary/aromatic N) is 3. The highest BCUT2D eigenvalue weighted by molar-refractivity contribution is 7.90. The molecular weight excluding hydrogens is 597 g/mol. The van der Waals surface area contributed by atoms with E-state index in [1.54, 1.807) is 17.7 Å². The molecule has 9 rings (SSSR count). The number of aromatic nitrogens is 2. The quantitative estimate of drug-likeness (QED) is 0.220. The number of benzene rings is 3. The predicted molar refractivity (Wildman–Crippen MR) is 169 cm³/mol. The number of alkyl halides is 3.